The molecule has 162 valence electrons. The van der Waals surface area contributed by atoms with Gasteiger partial charge in [-0.25, -0.2) is 8.42 Å². The predicted octanol–water partition coefficient (Wildman–Crippen LogP) is 2.13. The highest BCUT2D eigenvalue weighted by atomic mass is 32.2. The summed E-state index contributed by atoms with van der Waals surface area (Å²) in [6.07, 6.45) is 2.12. The van der Waals surface area contributed by atoms with Crippen molar-refractivity contribution in [2.75, 3.05) is 24.6 Å². The van der Waals surface area contributed by atoms with E-state index in [0.717, 1.165) is 31.5 Å². The number of nitrogens with one attached hydrogen (secondary N) is 1. The summed E-state index contributed by atoms with van der Waals surface area (Å²) < 4.78 is 30.3. The van der Waals surface area contributed by atoms with Crippen LogP contribution in [0.15, 0.2) is 48.5 Å². The molecule has 2 heterocycles. The fourth-order valence-electron chi connectivity index (χ4n) is 4.30. The van der Waals surface area contributed by atoms with Crippen LogP contribution < -0.4 is 10.1 Å². The van der Waals surface area contributed by atoms with Crippen molar-refractivity contribution in [1.82, 2.24) is 10.2 Å². The minimum atomic E-state index is -3.17. The molecule has 2 atom stereocenters. The summed E-state index contributed by atoms with van der Waals surface area (Å²) in [5.74, 6) is 0.269. The fourth-order valence-corrected chi connectivity index (χ4v) is 6.25. The number of benzene rings is 2. The number of ether oxygens (including phenoxy) is 1. The van der Waals surface area contributed by atoms with E-state index >= 15 is 0 Å². The van der Waals surface area contributed by atoms with E-state index in [1.165, 1.54) is 0 Å². The van der Waals surface area contributed by atoms with Crippen LogP contribution in [0.25, 0.3) is 0 Å². The van der Waals surface area contributed by atoms with E-state index in [4.69, 9.17) is 4.74 Å². The molecule has 1 N–H and O–H groups in total. The van der Waals surface area contributed by atoms with Gasteiger partial charge in [0.2, 0.25) is 0 Å². The maximum atomic E-state index is 12.9. The van der Waals surface area contributed by atoms with Crippen LogP contribution in [0.4, 0.5) is 0 Å². The van der Waals surface area contributed by atoms with Crippen LogP contribution in [0.2, 0.25) is 0 Å². The van der Waals surface area contributed by atoms with Crippen molar-refractivity contribution in [3.63, 3.8) is 0 Å². The lowest BCUT2D eigenvalue weighted by atomic mass is 10.1. The molecule has 8 heteroatoms. The number of rotatable bonds is 6. The van der Waals surface area contributed by atoms with Crippen molar-refractivity contribution in [1.29, 1.82) is 5.26 Å². The minimum absolute atomic E-state index is 0.0267. The van der Waals surface area contributed by atoms with E-state index in [0.29, 0.717) is 16.9 Å². The summed E-state index contributed by atoms with van der Waals surface area (Å²) in [6.45, 7) is 1.97. The Kier molecular flexibility index (Phi) is 6.25. The average molecular weight is 440 g/mol. The number of likely N-dealkylation sites (tertiary alicyclic amines) is 1. The summed E-state index contributed by atoms with van der Waals surface area (Å²) >= 11 is 0. The quantitative estimate of drug-likeness (QED) is 0.740. The number of carbonyl (C=O) groups excluding carboxylic acids is 1. The third kappa shape index (κ3) is 5.06. The van der Waals surface area contributed by atoms with Crippen molar-refractivity contribution in [3.8, 4) is 11.8 Å². The lowest BCUT2D eigenvalue weighted by Gasteiger charge is -2.28. The van der Waals surface area contributed by atoms with Gasteiger partial charge in [0.05, 0.1) is 29.2 Å². The Labute approximate surface area is 182 Å². The highest BCUT2D eigenvalue weighted by Crippen LogP contribution is 2.23. The van der Waals surface area contributed by atoms with Gasteiger partial charge in [0.25, 0.3) is 5.91 Å². The molecule has 0 spiro atoms. The van der Waals surface area contributed by atoms with E-state index in [9.17, 15) is 18.5 Å². The molecule has 4 rings (SSSR count). The van der Waals surface area contributed by atoms with Crippen molar-refractivity contribution in [2.24, 2.45) is 0 Å². The second kappa shape index (κ2) is 9.08. The van der Waals surface area contributed by atoms with Crippen molar-refractivity contribution >= 4 is 15.7 Å². The molecule has 0 aromatic heterocycles. The van der Waals surface area contributed by atoms with E-state index < -0.39 is 15.9 Å². The van der Waals surface area contributed by atoms with Gasteiger partial charge in [-0.2, -0.15) is 5.26 Å². The molecule has 2 aromatic rings. The molecule has 0 saturated carbocycles. The fraction of sp³-hybridized carbons (Fsp3) is 0.391. The van der Waals surface area contributed by atoms with Gasteiger partial charge in [0.15, 0.2) is 9.84 Å². The van der Waals surface area contributed by atoms with Gasteiger partial charge in [-0.3, -0.25) is 9.69 Å². The first kappa shape index (κ1) is 21.3. The molecule has 2 saturated heterocycles. The lowest BCUT2D eigenvalue weighted by Crippen LogP contribution is -2.50. The molecule has 1 amide bonds. The molecule has 2 aromatic carbocycles. The van der Waals surface area contributed by atoms with Crippen LogP contribution in [-0.2, 0) is 16.4 Å². The molecule has 2 unspecified atom stereocenters. The molecule has 0 radical (unpaired) electrons. The van der Waals surface area contributed by atoms with Crippen molar-refractivity contribution in [2.45, 2.75) is 31.5 Å². The number of hydrogen-bond donors (Lipinski definition) is 1. The monoisotopic (exact) mass is 439 g/mol. The molecule has 2 fully saturated rings. The minimum Gasteiger partial charge on any atom is -0.489 e. The zero-order chi connectivity index (χ0) is 21.8. The van der Waals surface area contributed by atoms with E-state index in [1.807, 2.05) is 12.1 Å². The zero-order valence-electron chi connectivity index (χ0n) is 17.2. The average Bonchev–Trinajstić information content (AvgIpc) is 3.40. The molecule has 2 aliphatic rings. The largest absolute Gasteiger partial charge is 0.489 e. The highest BCUT2D eigenvalue weighted by molar-refractivity contribution is 7.91. The predicted molar refractivity (Wildman–Crippen MR) is 116 cm³/mol. The molecule has 0 bridgehead atoms. The van der Waals surface area contributed by atoms with Crippen molar-refractivity contribution < 1.29 is 17.9 Å². The van der Waals surface area contributed by atoms with E-state index in [-0.39, 0.29) is 30.1 Å². The normalized spacial score (nSPS) is 22.7. The number of sulfone groups is 1. The van der Waals surface area contributed by atoms with Gasteiger partial charge < -0.3 is 10.1 Å². The molecule has 0 aliphatic carbocycles. The van der Waals surface area contributed by atoms with Crippen molar-refractivity contribution in [3.05, 3.63) is 65.2 Å². The summed E-state index contributed by atoms with van der Waals surface area (Å²) in [5.41, 5.74) is 1.73. The Bertz CT molecular complexity index is 1100. The zero-order valence-corrected chi connectivity index (χ0v) is 18.0. The summed E-state index contributed by atoms with van der Waals surface area (Å²) in [7, 11) is -3.17. The topological polar surface area (TPSA) is 99.5 Å². The first-order valence-electron chi connectivity index (χ1n) is 10.4. The Balaban J connectivity index is 1.43. The summed E-state index contributed by atoms with van der Waals surface area (Å²) in [5, 5.41) is 12.1. The summed E-state index contributed by atoms with van der Waals surface area (Å²) in [4.78, 5) is 15.1. The van der Waals surface area contributed by atoms with Gasteiger partial charge in [0.1, 0.15) is 12.4 Å². The summed E-state index contributed by atoms with van der Waals surface area (Å²) in [6, 6.07) is 15.5. The second-order valence-corrected chi connectivity index (χ2v) is 10.2. The molecular formula is C23H25N3O4S. The Morgan fingerprint density at radius 1 is 1.13 bits per heavy atom. The Morgan fingerprint density at radius 3 is 2.68 bits per heavy atom. The van der Waals surface area contributed by atoms with Crippen LogP contribution in [0.1, 0.15) is 34.3 Å². The second-order valence-electron chi connectivity index (χ2n) is 8.05. The van der Waals surface area contributed by atoms with Crippen LogP contribution in [-0.4, -0.2) is 55.9 Å². The van der Waals surface area contributed by atoms with Crippen LogP contribution in [0.5, 0.6) is 5.75 Å². The first-order valence-corrected chi connectivity index (χ1v) is 12.2. The SMILES string of the molecule is N#Cc1ccccc1COc1cccc(C(=O)NC2CS(=O)(=O)CC2N2CCCC2)c1. The maximum Gasteiger partial charge on any atom is 0.251 e. The number of amides is 1. The van der Waals surface area contributed by atoms with E-state index in [1.54, 1.807) is 36.4 Å². The number of nitrogens with zero attached hydrogens (tertiary/aromatic N) is 2. The smallest absolute Gasteiger partial charge is 0.251 e. The maximum absolute atomic E-state index is 12.9. The standard InChI is InChI=1S/C23H25N3O4S/c24-13-18-6-1-2-7-19(18)14-30-20-9-5-8-17(12-20)23(27)25-21-15-31(28,29)16-22(21)26-10-3-4-11-26/h1-2,5-9,12,21-22H,3-4,10-11,14-16H2,(H,25,27). The third-order valence-electron chi connectivity index (χ3n) is 5.88. The van der Waals surface area contributed by atoms with Gasteiger partial charge in [0, 0.05) is 17.2 Å². The highest BCUT2D eigenvalue weighted by Gasteiger charge is 2.42. The Hall–Kier alpha value is -2.89. The molecule has 2 aliphatic heterocycles. The van der Waals surface area contributed by atoms with Crippen LogP contribution >= 0.6 is 0 Å². The van der Waals surface area contributed by atoms with Gasteiger partial charge in [-0.1, -0.05) is 24.3 Å². The Morgan fingerprint density at radius 2 is 1.90 bits per heavy atom. The number of hydrogen-bond acceptors (Lipinski definition) is 6. The van der Waals surface area contributed by atoms with E-state index in [2.05, 4.69) is 16.3 Å². The van der Waals surface area contributed by atoms with Gasteiger partial charge >= 0.3 is 0 Å². The van der Waals surface area contributed by atoms with Crippen LogP contribution in [0, 0.1) is 11.3 Å². The van der Waals surface area contributed by atoms with Gasteiger partial charge in [-0.05, 0) is 50.2 Å². The molecular weight excluding hydrogens is 414 g/mol. The van der Waals surface area contributed by atoms with Gasteiger partial charge in [-0.15, -0.1) is 0 Å². The van der Waals surface area contributed by atoms with Crippen LogP contribution in [0.3, 0.4) is 0 Å². The number of carbonyl (C=O) groups is 1. The molecule has 7 nitrogen and oxygen atoms in total. The number of nitriles is 1. The molecule has 31 heavy (non-hydrogen) atoms. The lowest BCUT2D eigenvalue weighted by molar-refractivity contribution is 0.0918. The third-order valence-corrected chi connectivity index (χ3v) is 7.59. The first-order chi connectivity index (χ1) is 14.9.